The van der Waals surface area contributed by atoms with Crippen molar-refractivity contribution in [2.75, 3.05) is 22.7 Å². The van der Waals surface area contributed by atoms with Crippen molar-refractivity contribution in [3.63, 3.8) is 0 Å². The van der Waals surface area contributed by atoms with Crippen molar-refractivity contribution in [2.24, 2.45) is 17.8 Å². The lowest BCUT2D eigenvalue weighted by atomic mass is 9.75. The topological polar surface area (TPSA) is 105 Å². The van der Waals surface area contributed by atoms with Crippen molar-refractivity contribution in [1.82, 2.24) is 14.6 Å². The number of aryl methyl sites for hydroxylation is 2. The van der Waals surface area contributed by atoms with Crippen LogP contribution in [0.15, 0.2) is 42.6 Å². The fourth-order valence-electron chi connectivity index (χ4n) is 7.16. The van der Waals surface area contributed by atoms with Gasteiger partial charge < -0.3 is 13.8 Å². The van der Waals surface area contributed by atoms with Gasteiger partial charge in [-0.15, -0.1) is 0 Å². The molecule has 0 spiro atoms. The van der Waals surface area contributed by atoms with E-state index in [-0.39, 0.29) is 29.2 Å². The molecule has 0 bridgehead atoms. The van der Waals surface area contributed by atoms with E-state index in [9.17, 15) is 9.00 Å². The van der Waals surface area contributed by atoms with Crippen molar-refractivity contribution in [3.8, 4) is 17.1 Å². The lowest BCUT2D eigenvalue weighted by molar-refractivity contribution is -0.0249. The van der Waals surface area contributed by atoms with E-state index in [0.717, 1.165) is 67.6 Å². The normalized spacial score (nSPS) is 22.0. The fraction of sp³-hybridized carbons (Fsp3) is 0.457. The molecule has 2 aliphatic rings. The number of carbonyl (C=O) groups is 1. The minimum Gasteiger partial charge on any atom is -0.459 e. The number of rotatable bonds is 9. The molecule has 1 saturated heterocycles. The zero-order valence-electron chi connectivity index (χ0n) is 27.1. The number of hydrogen-bond donors (Lipinski definition) is 2. The summed E-state index contributed by atoms with van der Waals surface area (Å²) in [6, 6.07) is 11.8. The number of benzene rings is 2. The first-order valence-corrected chi connectivity index (χ1v) is 17.3. The molecule has 2 aromatic carbocycles. The molecule has 1 saturated carbocycles. The summed E-state index contributed by atoms with van der Waals surface area (Å²) in [5.41, 5.74) is 5.02. The molecule has 0 radical (unpaired) electrons. The molecule has 2 aromatic heterocycles. The number of esters is 1. The highest BCUT2D eigenvalue weighted by molar-refractivity contribution is 7.82. The van der Waals surface area contributed by atoms with Crippen LogP contribution in [0.25, 0.3) is 21.9 Å². The third kappa shape index (κ3) is 6.36. The molecule has 6 rings (SSSR count). The Hall–Kier alpha value is -4.30. The van der Waals surface area contributed by atoms with Crippen LogP contribution in [-0.4, -0.2) is 44.0 Å². The maximum absolute atomic E-state index is 13.6. The van der Waals surface area contributed by atoms with Gasteiger partial charge in [0.25, 0.3) is 0 Å². The third-order valence-corrected chi connectivity index (χ3v) is 10.0. The van der Waals surface area contributed by atoms with Gasteiger partial charge in [-0.1, -0.05) is 39.8 Å². The second-order valence-electron chi connectivity index (χ2n) is 13.0. The Kier molecular flexibility index (Phi) is 9.09. The van der Waals surface area contributed by atoms with Crippen LogP contribution in [0, 0.1) is 31.2 Å². The number of carbonyl (C=O) groups excluding carboxylic acids is 1. The highest BCUT2D eigenvalue weighted by Gasteiger charge is 2.35. The number of H-pyrrole nitrogens is 1. The van der Waals surface area contributed by atoms with E-state index in [1.807, 2.05) is 50.2 Å². The average Bonchev–Trinajstić information content (AvgIpc) is 3.76. The van der Waals surface area contributed by atoms with Crippen molar-refractivity contribution in [3.05, 3.63) is 70.7 Å². The van der Waals surface area contributed by atoms with Gasteiger partial charge in [0.15, 0.2) is 11.5 Å². The largest absolute Gasteiger partial charge is 0.459 e. The lowest BCUT2D eigenvalue weighted by Crippen LogP contribution is -2.37. The van der Waals surface area contributed by atoms with Crippen molar-refractivity contribution in [1.29, 1.82) is 0 Å². The van der Waals surface area contributed by atoms with Crippen LogP contribution in [0.4, 0.5) is 17.1 Å². The molecule has 1 aliphatic heterocycles. The van der Waals surface area contributed by atoms with Gasteiger partial charge in [0.2, 0.25) is 5.69 Å². The number of fused-ring (bicyclic) bond motifs is 1. The van der Waals surface area contributed by atoms with Crippen LogP contribution in [0.5, 0.6) is 5.75 Å². The van der Waals surface area contributed by atoms with Crippen molar-refractivity contribution in [2.45, 2.75) is 72.8 Å². The smallest absolute Gasteiger partial charge is 0.331 e. The third-order valence-electron chi connectivity index (χ3n) is 9.32. The fourth-order valence-corrected chi connectivity index (χ4v) is 7.87. The second kappa shape index (κ2) is 13.2. The maximum atomic E-state index is 13.6. The molecule has 1 aliphatic carbocycles. The van der Waals surface area contributed by atoms with E-state index in [2.05, 4.69) is 40.3 Å². The minimum atomic E-state index is -1.86. The van der Waals surface area contributed by atoms with Gasteiger partial charge >= 0.3 is 17.2 Å². The van der Waals surface area contributed by atoms with Crippen molar-refractivity contribution >= 4 is 39.9 Å². The van der Waals surface area contributed by atoms with Gasteiger partial charge in [-0.05, 0) is 92.2 Å². The lowest BCUT2D eigenvalue weighted by Gasteiger charge is -2.37. The van der Waals surface area contributed by atoms with Crippen LogP contribution in [0.3, 0.4) is 0 Å². The summed E-state index contributed by atoms with van der Waals surface area (Å²) in [7, 11) is 0. The molecule has 3 atom stereocenters. The molecular weight excluding hydrogens is 600 g/mol. The number of nitrogens with one attached hydrogen (secondary N) is 2. The maximum Gasteiger partial charge on any atom is 0.331 e. The highest BCUT2D eigenvalue weighted by atomic mass is 32.2. The average molecular weight is 643 g/mol. The first-order valence-electron chi connectivity index (χ1n) is 16.2. The monoisotopic (exact) mass is 642 g/mol. The van der Waals surface area contributed by atoms with Gasteiger partial charge in [-0.2, -0.15) is 4.21 Å². The Morgan fingerprint density at radius 1 is 1.13 bits per heavy atom. The summed E-state index contributed by atoms with van der Waals surface area (Å²) < 4.78 is 30.0. The standard InChI is InChI=1S/C35H42N6O4S/c1-7-25-11-10-21(2)18-30(25)45-46(43)39-27-19-26(12-13-29(27)40-14-8-9-15-40)33-37-34-31(28(36-6)20-41(34)38-33)35(42)44-32-23(4)16-22(3)17-24(32)5/h10-13,18-20,22-24,32,39H,7-9,14-17H2,1-5H3,(H,37,38). The number of nitrogens with zero attached hydrogens (tertiary/aromatic N) is 4. The zero-order valence-corrected chi connectivity index (χ0v) is 27.9. The molecule has 3 heterocycles. The summed E-state index contributed by atoms with van der Waals surface area (Å²) >= 11 is -1.86. The molecular formula is C35H42N6O4S. The van der Waals surface area contributed by atoms with E-state index >= 15 is 0 Å². The van der Waals surface area contributed by atoms with Crippen LogP contribution >= 0.6 is 0 Å². The molecule has 10 nitrogen and oxygen atoms in total. The van der Waals surface area contributed by atoms with Crippen LogP contribution in [0.1, 0.15) is 74.9 Å². The second-order valence-corrected chi connectivity index (χ2v) is 13.8. The van der Waals surface area contributed by atoms with Gasteiger partial charge in [0.1, 0.15) is 17.4 Å². The number of ether oxygens (including phenoxy) is 1. The Morgan fingerprint density at radius 3 is 2.57 bits per heavy atom. The van der Waals surface area contributed by atoms with E-state index in [1.54, 1.807) is 10.7 Å². The first-order chi connectivity index (χ1) is 22.1. The SMILES string of the molecule is [C-]#[N+]c1cn2[nH]c(-c3ccc(N4CCCC4)c(NS(=O)Oc4cc(C)ccc4CC)c3)nc2c1C(=O)OC1C(C)CC(C)CC1C. The molecule has 11 heteroatoms. The van der Waals surface area contributed by atoms with E-state index < -0.39 is 17.2 Å². The molecule has 2 N–H and O–H groups in total. The molecule has 2 fully saturated rings. The number of hydrogen-bond acceptors (Lipinski definition) is 6. The predicted molar refractivity (Wildman–Crippen MR) is 182 cm³/mol. The van der Waals surface area contributed by atoms with Crippen LogP contribution < -0.4 is 13.8 Å². The van der Waals surface area contributed by atoms with E-state index in [1.165, 1.54) is 0 Å². The number of aromatic amines is 1. The summed E-state index contributed by atoms with van der Waals surface area (Å²) in [5, 5.41) is 3.23. The zero-order chi connectivity index (χ0) is 32.5. The van der Waals surface area contributed by atoms with E-state index in [4.69, 9.17) is 20.5 Å². The summed E-state index contributed by atoms with van der Waals surface area (Å²) in [6.07, 6.45) is 6.31. The quantitative estimate of drug-likeness (QED) is 0.144. The Balaban J connectivity index is 1.30. The van der Waals surface area contributed by atoms with Gasteiger partial charge in [-0.3, -0.25) is 14.3 Å². The van der Waals surface area contributed by atoms with Gasteiger partial charge in [0, 0.05) is 24.8 Å². The molecule has 46 heavy (non-hydrogen) atoms. The molecule has 3 unspecified atom stereocenters. The summed E-state index contributed by atoms with van der Waals surface area (Å²) in [4.78, 5) is 24.2. The Labute approximate surface area is 273 Å². The molecule has 4 aromatic rings. The van der Waals surface area contributed by atoms with Gasteiger partial charge in [-0.25, -0.2) is 14.6 Å². The van der Waals surface area contributed by atoms with Crippen molar-refractivity contribution < 1.29 is 17.9 Å². The van der Waals surface area contributed by atoms with Crippen LogP contribution in [-0.2, 0) is 22.4 Å². The minimum absolute atomic E-state index is 0.168. The first kappa shape index (κ1) is 31.7. The van der Waals surface area contributed by atoms with E-state index in [0.29, 0.717) is 28.8 Å². The summed E-state index contributed by atoms with van der Waals surface area (Å²) in [5.74, 6) is 1.64. The highest BCUT2D eigenvalue weighted by Crippen LogP contribution is 2.38. The van der Waals surface area contributed by atoms with Gasteiger partial charge in [0.05, 0.1) is 17.9 Å². The number of aromatic nitrogens is 3. The molecule has 0 amide bonds. The predicted octanol–water partition coefficient (Wildman–Crippen LogP) is 7.65. The Morgan fingerprint density at radius 2 is 1.87 bits per heavy atom. The summed E-state index contributed by atoms with van der Waals surface area (Å²) in [6.45, 7) is 20.0. The Bertz CT molecular complexity index is 1810. The van der Waals surface area contributed by atoms with Crippen LogP contribution in [0.2, 0.25) is 0 Å². The number of anilines is 2. The molecule has 242 valence electrons.